The molecule has 0 N–H and O–H groups in total. The Morgan fingerprint density at radius 1 is 0.879 bits per heavy atom. The smallest absolute Gasteiger partial charge is 0.252 e. The molecule has 0 radical (unpaired) electrons. The third-order valence-corrected chi connectivity index (χ3v) is 7.35. The summed E-state index contributed by atoms with van der Waals surface area (Å²) >= 11 is 0. The highest BCUT2D eigenvalue weighted by Gasteiger charge is 2.32. The summed E-state index contributed by atoms with van der Waals surface area (Å²) in [6.45, 7) is 3.54. The molecule has 170 valence electrons. The largest absolute Gasteiger partial charge is 0.416 e. The summed E-state index contributed by atoms with van der Waals surface area (Å²) < 4.78 is 67.9. The first-order valence-corrected chi connectivity index (χ1v) is 11.6. The molecule has 0 bridgehead atoms. The summed E-state index contributed by atoms with van der Waals surface area (Å²) in [5.74, 6) is 0.145. The van der Waals surface area contributed by atoms with Crippen LogP contribution in [-0.2, 0) is 16.2 Å². The molecule has 1 heterocycles. The van der Waals surface area contributed by atoms with Gasteiger partial charge in [-0.05, 0) is 55.3 Å². The Labute approximate surface area is 190 Å². The van der Waals surface area contributed by atoms with E-state index in [0.29, 0.717) is 22.1 Å². The summed E-state index contributed by atoms with van der Waals surface area (Å²) in [6, 6.07) is 18.7. The van der Waals surface area contributed by atoms with Gasteiger partial charge in [-0.2, -0.15) is 13.2 Å². The number of halogens is 3. The second-order valence-corrected chi connectivity index (χ2v) is 9.79. The minimum Gasteiger partial charge on any atom is -0.252 e. The molecule has 0 atom stereocenters. The number of fused-ring (bicyclic) bond motifs is 1. The van der Waals surface area contributed by atoms with Gasteiger partial charge >= 0.3 is 6.18 Å². The Hall–Kier alpha value is -3.39. The molecule has 4 nitrogen and oxygen atoms in total. The van der Waals surface area contributed by atoms with Crippen LogP contribution >= 0.6 is 0 Å². The van der Waals surface area contributed by atoms with Gasteiger partial charge in [-0.3, -0.25) is 4.31 Å². The SMILES string of the molecule is Cc1ccc(S(=O)(=O)N(C)c2nc3ccc(C(F)(F)F)cc3c(C)c2-c2ccccc2)cc1. The van der Waals surface area contributed by atoms with E-state index in [1.807, 2.05) is 13.0 Å². The van der Waals surface area contributed by atoms with Crippen molar-refractivity contribution in [2.24, 2.45) is 0 Å². The van der Waals surface area contributed by atoms with Gasteiger partial charge in [-0.15, -0.1) is 0 Å². The zero-order valence-corrected chi connectivity index (χ0v) is 19.0. The van der Waals surface area contributed by atoms with Crippen LogP contribution < -0.4 is 4.31 Å². The Kier molecular flexibility index (Phi) is 5.66. The molecule has 0 fully saturated rings. The molecule has 4 aromatic rings. The number of benzene rings is 3. The highest BCUT2D eigenvalue weighted by molar-refractivity contribution is 7.92. The molecule has 0 saturated heterocycles. The van der Waals surface area contributed by atoms with Crippen molar-refractivity contribution >= 4 is 26.7 Å². The van der Waals surface area contributed by atoms with Crippen LogP contribution in [0.3, 0.4) is 0 Å². The Balaban J connectivity index is 2.00. The van der Waals surface area contributed by atoms with E-state index in [0.717, 1.165) is 22.0 Å². The van der Waals surface area contributed by atoms with Crippen LogP contribution in [0, 0.1) is 13.8 Å². The van der Waals surface area contributed by atoms with Crippen LogP contribution in [-0.4, -0.2) is 20.4 Å². The number of anilines is 1. The molecule has 1 aromatic heterocycles. The first kappa shape index (κ1) is 22.8. The monoisotopic (exact) mass is 470 g/mol. The lowest BCUT2D eigenvalue weighted by atomic mass is 9.96. The standard InChI is InChI=1S/C25H21F3N2O2S/c1-16-9-12-20(13-10-16)33(31,32)30(3)24-23(18-7-5-4-6-8-18)17(2)21-15-19(25(26,27)28)11-14-22(21)29-24/h4-15H,1-3H3. The maximum Gasteiger partial charge on any atom is 0.416 e. The molecule has 3 aromatic carbocycles. The number of alkyl halides is 3. The molecule has 0 saturated carbocycles. The molecule has 8 heteroatoms. The van der Waals surface area contributed by atoms with E-state index in [4.69, 9.17) is 0 Å². The van der Waals surface area contributed by atoms with Crippen molar-refractivity contribution in [2.45, 2.75) is 24.9 Å². The van der Waals surface area contributed by atoms with Crippen LogP contribution in [0.15, 0.2) is 77.7 Å². The zero-order chi connectivity index (χ0) is 24.0. The first-order chi connectivity index (χ1) is 15.5. The summed E-state index contributed by atoms with van der Waals surface area (Å²) in [7, 11) is -2.56. The van der Waals surface area contributed by atoms with Crippen LogP contribution in [0.5, 0.6) is 0 Å². The quantitative estimate of drug-likeness (QED) is 0.349. The minimum absolute atomic E-state index is 0.0987. The highest BCUT2D eigenvalue weighted by atomic mass is 32.2. The molecule has 0 aliphatic rings. The second-order valence-electron chi connectivity index (χ2n) is 7.82. The highest BCUT2D eigenvalue weighted by Crippen LogP contribution is 2.40. The summed E-state index contributed by atoms with van der Waals surface area (Å²) in [6.07, 6.45) is -4.50. The minimum atomic E-state index is -4.50. The van der Waals surface area contributed by atoms with Crippen molar-refractivity contribution in [3.05, 3.63) is 89.5 Å². The van der Waals surface area contributed by atoms with Crippen molar-refractivity contribution in [3.63, 3.8) is 0 Å². The molecule has 0 aliphatic heterocycles. The van der Waals surface area contributed by atoms with Crippen molar-refractivity contribution < 1.29 is 21.6 Å². The summed E-state index contributed by atoms with van der Waals surface area (Å²) in [5, 5.41) is 0.313. The van der Waals surface area contributed by atoms with E-state index in [1.54, 1.807) is 43.3 Å². The fourth-order valence-corrected chi connectivity index (χ4v) is 4.90. The predicted molar refractivity (Wildman–Crippen MR) is 124 cm³/mol. The number of hydrogen-bond donors (Lipinski definition) is 0. The van der Waals surface area contributed by atoms with Crippen LogP contribution in [0.25, 0.3) is 22.0 Å². The Bertz CT molecular complexity index is 1430. The van der Waals surface area contributed by atoms with E-state index in [2.05, 4.69) is 4.98 Å². The normalized spacial score (nSPS) is 12.2. The van der Waals surface area contributed by atoms with Crippen molar-refractivity contribution in [1.82, 2.24) is 4.98 Å². The molecule has 33 heavy (non-hydrogen) atoms. The predicted octanol–water partition coefficient (Wildman–Crippen LogP) is 6.36. The van der Waals surface area contributed by atoms with Gasteiger partial charge in [0.2, 0.25) is 0 Å². The number of nitrogens with zero attached hydrogens (tertiary/aromatic N) is 2. The zero-order valence-electron chi connectivity index (χ0n) is 18.2. The average Bonchev–Trinajstić information content (AvgIpc) is 2.78. The van der Waals surface area contributed by atoms with Crippen molar-refractivity contribution in [3.8, 4) is 11.1 Å². The first-order valence-electron chi connectivity index (χ1n) is 10.1. The second kappa shape index (κ2) is 8.19. The van der Waals surface area contributed by atoms with Crippen molar-refractivity contribution in [2.75, 3.05) is 11.4 Å². The van der Waals surface area contributed by atoms with E-state index < -0.39 is 21.8 Å². The third-order valence-electron chi connectivity index (χ3n) is 5.59. The molecule has 0 spiro atoms. The van der Waals surface area contributed by atoms with Gasteiger partial charge in [0.25, 0.3) is 10.0 Å². The Morgan fingerprint density at radius 2 is 1.52 bits per heavy atom. The molecular formula is C25H21F3N2O2S. The van der Waals surface area contributed by atoms with E-state index in [9.17, 15) is 21.6 Å². The van der Waals surface area contributed by atoms with Crippen LogP contribution in [0.2, 0.25) is 0 Å². The van der Waals surface area contributed by atoms with Crippen molar-refractivity contribution in [1.29, 1.82) is 0 Å². The lowest BCUT2D eigenvalue weighted by Crippen LogP contribution is -2.28. The average molecular weight is 471 g/mol. The molecule has 4 rings (SSSR count). The number of pyridine rings is 1. The van der Waals surface area contributed by atoms with Crippen LogP contribution in [0.1, 0.15) is 16.7 Å². The lowest BCUT2D eigenvalue weighted by molar-refractivity contribution is -0.137. The fraction of sp³-hybridized carbons (Fsp3) is 0.160. The topological polar surface area (TPSA) is 50.3 Å². The van der Waals surface area contributed by atoms with Gasteiger partial charge < -0.3 is 0 Å². The van der Waals surface area contributed by atoms with Gasteiger partial charge in [0.05, 0.1) is 16.0 Å². The van der Waals surface area contributed by atoms with Gasteiger partial charge in [-0.25, -0.2) is 13.4 Å². The van der Waals surface area contributed by atoms with E-state index >= 15 is 0 Å². The summed E-state index contributed by atoms with van der Waals surface area (Å²) in [5.41, 5.74) is 2.04. The van der Waals surface area contributed by atoms with Gasteiger partial charge in [0.1, 0.15) is 0 Å². The Morgan fingerprint density at radius 3 is 2.12 bits per heavy atom. The van der Waals surface area contributed by atoms with Crippen LogP contribution in [0.4, 0.5) is 19.0 Å². The van der Waals surface area contributed by atoms with Gasteiger partial charge in [-0.1, -0.05) is 48.0 Å². The number of aromatic nitrogens is 1. The maximum absolute atomic E-state index is 13.4. The fourth-order valence-electron chi connectivity index (χ4n) is 3.74. The number of rotatable bonds is 4. The molecule has 0 aliphatic carbocycles. The molecule has 0 unspecified atom stereocenters. The lowest BCUT2D eigenvalue weighted by Gasteiger charge is -2.24. The molecular weight excluding hydrogens is 449 g/mol. The number of sulfonamides is 1. The van der Waals surface area contributed by atoms with Gasteiger partial charge in [0.15, 0.2) is 5.82 Å². The maximum atomic E-state index is 13.4. The van der Waals surface area contributed by atoms with E-state index in [-0.39, 0.29) is 16.2 Å². The van der Waals surface area contributed by atoms with E-state index in [1.165, 1.54) is 25.2 Å². The number of hydrogen-bond acceptors (Lipinski definition) is 3. The number of aryl methyl sites for hydroxylation is 2. The molecule has 0 amide bonds. The third kappa shape index (κ3) is 4.18. The summed E-state index contributed by atoms with van der Waals surface area (Å²) in [4.78, 5) is 4.62. The van der Waals surface area contributed by atoms with Gasteiger partial charge in [0, 0.05) is 18.0 Å².